The highest BCUT2D eigenvalue weighted by Gasteiger charge is 2.34. The third-order valence-corrected chi connectivity index (χ3v) is 5.42. The number of hydrogen-bond acceptors (Lipinski definition) is 3. The van der Waals surface area contributed by atoms with Gasteiger partial charge in [0.05, 0.1) is 12.2 Å². The average Bonchev–Trinajstić information content (AvgIpc) is 2.70. The van der Waals surface area contributed by atoms with Crippen LogP contribution in [-0.2, 0) is 16.7 Å². The van der Waals surface area contributed by atoms with Crippen LogP contribution < -0.4 is 10.6 Å². The highest BCUT2D eigenvalue weighted by atomic mass is 79.9. The molecule has 0 saturated carbocycles. The summed E-state index contributed by atoms with van der Waals surface area (Å²) in [7, 11) is 1.80. The molecule has 5 nitrogen and oxygen atoms in total. The van der Waals surface area contributed by atoms with Crippen LogP contribution >= 0.6 is 15.9 Å². The first-order chi connectivity index (χ1) is 12.7. The van der Waals surface area contributed by atoms with Crippen LogP contribution in [0.1, 0.15) is 24.1 Å². The van der Waals surface area contributed by atoms with E-state index < -0.39 is 0 Å². The molecule has 0 unspecified atom stereocenters. The quantitative estimate of drug-likeness (QED) is 0.579. The van der Waals surface area contributed by atoms with Crippen molar-refractivity contribution in [3.8, 4) is 0 Å². The zero-order chi connectivity index (χ0) is 18.2. The van der Waals surface area contributed by atoms with Crippen molar-refractivity contribution < 1.29 is 4.74 Å². The minimum Gasteiger partial charge on any atom is -0.381 e. The summed E-state index contributed by atoms with van der Waals surface area (Å²) in [5.74, 6) is 0.790. The number of hydrogen-bond donors (Lipinski definition) is 2. The molecule has 0 radical (unpaired) electrons. The SMILES string of the molecule is CN=C(NCc1ccccn1)NCC1(c2ccc(Br)cc2)CCOCC1. The lowest BCUT2D eigenvalue weighted by Gasteiger charge is -2.38. The van der Waals surface area contributed by atoms with Crippen LogP contribution in [0.4, 0.5) is 0 Å². The number of ether oxygens (including phenoxy) is 1. The van der Waals surface area contributed by atoms with Crippen molar-refractivity contribution >= 4 is 21.9 Å². The molecule has 2 aromatic rings. The van der Waals surface area contributed by atoms with Crippen LogP contribution in [0, 0.1) is 0 Å². The van der Waals surface area contributed by atoms with Gasteiger partial charge in [0.2, 0.25) is 0 Å². The predicted molar refractivity (Wildman–Crippen MR) is 108 cm³/mol. The van der Waals surface area contributed by atoms with E-state index in [0.717, 1.165) is 48.7 Å². The van der Waals surface area contributed by atoms with Crippen LogP contribution in [0.15, 0.2) is 58.1 Å². The summed E-state index contributed by atoms with van der Waals surface area (Å²) in [6.07, 6.45) is 3.80. The Morgan fingerprint density at radius 2 is 1.92 bits per heavy atom. The molecule has 1 saturated heterocycles. The van der Waals surface area contributed by atoms with Crippen LogP contribution in [0.2, 0.25) is 0 Å². The van der Waals surface area contributed by atoms with Gasteiger partial charge in [-0.2, -0.15) is 0 Å². The summed E-state index contributed by atoms with van der Waals surface area (Å²) >= 11 is 3.53. The number of nitrogens with zero attached hydrogens (tertiary/aromatic N) is 2. The van der Waals surface area contributed by atoms with Crippen LogP contribution in [0.25, 0.3) is 0 Å². The summed E-state index contributed by atoms with van der Waals surface area (Å²) < 4.78 is 6.72. The summed E-state index contributed by atoms with van der Waals surface area (Å²) in [5, 5.41) is 6.85. The van der Waals surface area contributed by atoms with Gasteiger partial charge in [-0.15, -0.1) is 0 Å². The standard InChI is InChI=1S/C20H25BrN4O/c1-22-19(24-14-18-4-2-3-11-23-18)25-15-20(9-12-26-13-10-20)16-5-7-17(21)8-6-16/h2-8,11H,9-10,12-15H2,1H3,(H2,22,24,25). The monoisotopic (exact) mass is 416 g/mol. The predicted octanol–water partition coefficient (Wildman–Crippen LogP) is 3.26. The van der Waals surface area contributed by atoms with E-state index in [1.165, 1.54) is 5.56 Å². The lowest BCUT2D eigenvalue weighted by Crippen LogP contribution is -2.48. The minimum atomic E-state index is 0.0571. The Morgan fingerprint density at radius 1 is 1.15 bits per heavy atom. The molecule has 0 bridgehead atoms. The molecule has 1 aromatic heterocycles. The number of aromatic nitrogens is 1. The molecule has 1 aliphatic rings. The molecule has 6 heteroatoms. The van der Waals surface area contributed by atoms with Gasteiger partial charge < -0.3 is 15.4 Å². The van der Waals surface area contributed by atoms with Crippen molar-refractivity contribution in [1.82, 2.24) is 15.6 Å². The molecule has 2 heterocycles. The first-order valence-electron chi connectivity index (χ1n) is 8.90. The smallest absolute Gasteiger partial charge is 0.191 e. The Morgan fingerprint density at radius 3 is 2.58 bits per heavy atom. The fraction of sp³-hybridized carbons (Fsp3) is 0.400. The molecule has 26 heavy (non-hydrogen) atoms. The highest BCUT2D eigenvalue weighted by molar-refractivity contribution is 9.10. The molecule has 0 spiro atoms. The lowest BCUT2D eigenvalue weighted by atomic mass is 9.74. The van der Waals surface area contributed by atoms with Crippen LogP contribution in [0.5, 0.6) is 0 Å². The van der Waals surface area contributed by atoms with Crippen LogP contribution in [0.3, 0.4) is 0 Å². The van der Waals surface area contributed by atoms with Gasteiger partial charge in [-0.1, -0.05) is 34.1 Å². The van der Waals surface area contributed by atoms with E-state index in [9.17, 15) is 0 Å². The van der Waals surface area contributed by atoms with Crippen molar-refractivity contribution in [3.63, 3.8) is 0 Å². The first-order valence-corrected chi connectivity index (χ1v) is 9.69. The van der Waals surface area contributed by atoms with Crippen molar-refractivity contribution in [2.24, 2.45) is 4.99 Å². The van der Waals surface area contributed by atoms with Crippen molar-refractivity contribution in [2.75, 3.05) is 26.8 Å². The number of pyridine rings is 1. The molecule has 0 aliphatic carbocycles. The van der Waals surface area contributed by atoms with Gasteiger partial charge in [0.15, 0.2) is 5.96 Å². The molecular weight excluding hydrogens is 392 g/mol. The third-order valence-electron chi connectivity index (χ3n) is 4.89. The average molecular weight is 417 g/mol. The normalized spacial score (nSPS) is 16.9. The van der Waals surface area contributed by atoms with Gasteiger partial charge in [0.25, 0.3) is 0 Å². The van der Waals surface area contributed by atoms with E-state index in [1.807, 2.05) is 18.2 Å². The Kier molecular flexibility index (Phi) is 6.63. The molecule has 1 fully saturated rings. The highest BCUT2D eigenvalue weighted by Crippen LogP contribution is 2.34. The summed E-state index contributed by atoms with van der Waals surface area (Å²) in [6, 6.07) is 14.6. The maximum atomic E-state index is 5.62. The lowest BCUT2D eigenvalue weighted by molar-refractivity contribution is 0.0514. The summed E-state index contributed by atoms with van der Waals surface area (Å²) in [4.78, 5) is 8.69. The number of aliphatic imine (C=N–C) groups is 1. The van der Waals surface area contributed by atoms with Gasteiger partial charge in [-0.05, 0) is 42.7 Å². The number of halogens is 1. The molecule has 1 aliphatic heterocycles. The summed E-state index contributed by atoms with van der Waals surface area (Å²) in [6.45, 7) is 3.05. The second-order valence-corrected chi connectivity index (χ2v) is 7.42. The largest absolute Gasteiger partial charge is 0.381 e. The molecule has 138 valence electrons. The second kappa shape index (κ2) is 9.14. The van der Waals surface area contributed by atoms with E-state index >= 15 is 0 Å². The van der Waals surface area contributed by atoms with Gasteiger partial charge in [0, 0.05) is 42.9 Å². The number of benzene rings is 1. The van der Waals surface area contributed by atoms with E-state index in [4.69, 9.17) is 4.74 Å². The van der Waals surface area contributed by atoms with Gasteiger partial charge in [-0.3, -0.25) is 9.98 Å². The molecule has 2 N–H and O–H groups in total. The Labute approximate surface area is 163 Å². The van der Waals surface area contributed by atoms with Gasteiger partial charge in [0.1, 0.15) is 0 Å². The molecule has 0 atom stereocenters. The number of guanidine groups is 1. The topological polar surface area (TPSA) is 58.5 Å². The van der Waals surface area contributed by atoms with Gasteiger partial charge in [-0.25, -0.2) is 0 Å². The Bertz CT molecular complexity index is 712. The van der Waals surface area contributed by atoms with E-state index in [0.29, 0.717) is 6.54 Å². The van der Waals surface area contributed by atoms with Crippen LogP contribution in [-0.4, -0.2) is 37.7 Å². The van der Waals surface area contributed by atoms with Crippen molar-refractivity contribution in [2.45, 2.75) is 24.8 Å². The Hall–Kier alpha value is -1.92. The minimum absolute atomic E-state index is 0.0571. The molecule has 3 rings (SSSR count). The van der Waals surface area contributed by atoms with Gasteiger partial charge >= 0.3 is 0 Å². The molecular formula is C20H25BrN4O. The van der Waals surface area contributed by atoms with E-state index in [1.54, 1.807) is 13.2 Å². The third kappa shape index (κ3) is 4.83. The maximum Gasteiger partial charge on any atom is 0.191 e. The number of rotatable bonds is 5. The van der Waals surface area contributed by atoms with E-state index in [-0.39, 0.29) is 5.41 Å². The molecule has 0 amide bonds. The zero-order valence-corrected chi connectivity index (χ0v) is 16.6. The van der Waals surface area contributed by atoms with Crippen molar-refractivity contribution in [1.29, 1.82) is 0 Å². The second-order valence-electron chi connectivity index (χ2n) is 6.50. The maximum absolute atomic E-state index is 5.62. The zero-order valence-electron chi connectivity index (χ0n) is 15.0. The summed E-state index contributed by atoms with van der Waals surface area (Å²) in [5.41, 5.74) is 2.39. The number of nitrogens with one attached hydrogen (secondary N) is 2. The first kappa shape index (κ1) is 18.9. The van der Waals surface area contributed by atoms with E-state index in [2.05, 4.69) is 60.8 Å². The fourth-order valence-corrected chi connectivity index (χ4v) is 3.55. The van der Waals surface area contributed by atoms with Crippen molar-refractivity contribution in [3.05, 3.63) is 64.4 Å². The molecule has 1 aromatic carbocycles. The Balaban J connectivity index is 1.65. The fourth-order valence-electron chi connectivity index (χ4n) is 3.28.